The zero-order valence-electron chi connectivity index (χ0n) is 16.8. The van der Waals surface area contributed by atoms with Gasteiger partial charge in [-0.15, -0.1) is 11.3 Å². The van der Waals surface area contributed by atoms with E-state index in [1.54, 1.807) is 6.07 Å². The highest BCUT2D eigenvalue weighted by Crippen LogP contribution is 2.35. The van der Waals surface area contributed by atoms with Crippen LogP contribution in [-0.2, 0) is 11.3 Å². The monoisotopic (exact) mass is 435 g/mol. The molecule has 2 aliphatic heterocycles. The normalized spacial score (nSPS) is 15.2. The molecule has 0 radical (unpaired) electrons. The first-order chi connectivity index (χ1) is 15.2. The second-order valence-corrected chi connectivity index (χ2v) is 8.33. The third-order valence-electron chi connectivity index (χ3n) is 5.30. The molecule has 1 saturated heterocycles. The number of nitrogens with one attached hydrogen (secondary N) is 1. The number of hydrogen-bond acceptors (Lipinski definition) is 6. The summed E-state index contributed by atoms with van der Waals surface area (Å²) in [5, 5.41) is 5.29. The van der Waals surface area contributed by atoms with Gasteiger partial charge < -0.3 is 14.4 Å². The van der Waals surface area contributed by atoms with Crippen molar-refractivity contribution in [2.45, 2.75) is 19.4 Å². The first kappa shape index (κ1) is 19.6. The smallest absolute Gasteiger partial charge is 0.257 e. The van der Waals surface area contributed by atoms with Crippen LogP contribution < -0.4 is 14.8 Å². The lowest BCUT2D eigenvalue weighted by Crippen LogP contribution is -2.24. The molecule has 1 aromatic heterocycles. The fourth-order valence-corrected chi connectivity index (χ4v) is 4.45. The molecular formula is C23H21N3O4S. The quantitative estimate of drug-likeness (QED) is 0.656. The molecule has 3 heterocycles. The van der Waals surface area contributed by atoms with Crippen molar-refractivity contribution in [3.05, 3.63) is 59.0 Å². The number of nitrogens with zero attached hydrogens (tertiary/aromatic N) is 2. The Kier molecular flexibility index (Phi) is 5.30. The summed E-state index contributed by atoms with van der Waals surface area (Å²) in [5.41, 5.74) is 3.15. The molecule has 0 atom stereocenters. The zero-order chi connectivity index (χ0) is 21.2. The molecule has 0 spiro atoms. The van der Waals surface area contributed by atoms with Gasteiger partial charge in [0, 0.05) is 36.0 Å². The number of aromatic nitrogens is 1. The van der Waals surface area contributed by atoms with Crippen LogP contribution in [0.4, 0.5) is 5.13 Å². The van der Waals surface area contributed by atoms with Crippen molar-refractivity contribution >= 4 is 28.3 Å². The molecule has 7 nitrogen and oxygen atoms in total. The minimum Gasteiger partial charge on any atom is -0.486 e. The zero-order valence-corrected chi connectivity index (χ0v) is 17.6. The summed E-state index contributed by atoms with van der Waals surface area (Å²) in [7, 11) is 0. The van der Waals surface area contributed by atoms with Crippen LogP contribution in [0, 0.1) is 0 Å². The fraction of sp³-hybridized carbons (Fsp3) is 0.261. The van der Waals surface area contributed by atoms with E-state index in [0.717, 1.165) is 35.5 Å². The van der Waals surface area contributed by atoms with Gasteiger partial charge in [0.2, 0.25) is 5.91 Å². The van der Waals surface area contributed by atoms with E-state index in [0.29, 0.717) is 42.6 Å². The maximum Gasteiger partial charge on any atom is 0.257 e. The number of anilines is 1. The molecule has 0 bridgehead atoms. The lowest BCUT2D eigenvalue weighted by atomic mass is 10.1. The number of likely N-dealkylation sites (tertiary alicyclic amines) is 1. The van der Waals surface area contributed by atoms with Gasteiger partial charge in [0.1, 0.15) is 13.2 Å². The summed E-state index contributed by atoms with van der Waals surface area (Å²) in [6, 6.07) is 13.1. The Morgan fingerprint density at radius 3 is 2.84 bits per heavy atom. The molecule has 0 aliphatic carbocycles. The third kappa shape index (κ3) is 4.25. The number of ether oxygens (including phenoxy) is 2. The number of hydrogen-bond donors (Lipinski definition) is 1. The van der Waals surface area contributed by atoms with Crippen LogP contribution in [0.3, 0.4) is 0 Å². The average molecular weight is 436 g/mol. The Hall–Kier alpha value is -3.39. The minimum atomic E-state index is -0.224. The van der Waals surface area contributed by atoms with Gasteiger partial charge in [-0.05, 0) is 42.3 Å². The van der Waals surface area contributed by atoms with E-state index >= 15 is 0 Å². The Bertz CT molecular complexity index is 1140. The van der Waals surface area contributed by atoms with Gasteiger partial charge in [0.15, 0.2) is 16.6 Å². The minimum absolute atomic E-state index is 0.171. The molecule has 2 aromatic carbocycles. The Balaban J connectivity index is 1.28. The van der Waals surface area contributed by atoms with Gasteiger partial charge in [-0.25, -0.2) is 4.98 Å². The summed E-state index contributed by atoms with van der Waals surface area (Å²) in [4.78, 5) is 31.0. The van der Waals surface area contributed by atoms with Crippen LogP contribution in [0.15, 0.2) is 47.8 Å². The molecule has 158 valence electrons. The van der Waals surface area contributed by atoms with Gasteiger partial charge in [-0.3, -0.25) is 14.9 Å². The first-order valence-electron chi connectivity index (χ1n) is 10.2. The lowest BCUT2D eigenvalue weighted by molar-refractivity contribution is -0.128. The molecule has 2 amide bonds. The molecule has 31 heavy (non-hydrogen) atoms. The SMILES string of the molecule is O=C(Nc1nc(-c2ccc3c(c2)OCCO3)cs1)c1cccc(CN2CCCC2=O)c1. The van der Waals surface area contributed by atoms with Crippen molar-refractivity contribution in [3.63, 3.8) is 0 Å². The summed E-state index contributed by atoms with van der Waals surface area (Å²) in [6.45, 7) is 2.39. The van der Waals surface area contributed by atoms with Crippen molar-refractivity contribution in [1.82, 2.24) is 9.88 Å². The lowest BCUT2D eigenvalue weighted by Gasteiger charge is -2.18. The van der Waals surface area contributed by atoms with Crippen molar-refractivity contribution in [2.75, 3.05) is 25.1 Å². The summed E-state index contributed by atoms with van der Waals surface area (Å²) < 4.78 is 11.2. The molecule has 1 fully saturated rings. The number of amides is 2. The number of carbonyl (C=O) groups is 2. The van der Waals surface area contributed by atoms with Crippen LogP contribution in [0.1, 0.15) is 28.8 Å². The Morgan fingerprint density at radius 2 is 2.00 bits per heavy atom. The van der Waals surface area contributed by atoms with E-state index in [2.05, 4.69) is 10.3 Å². The van der Waals surface area contributed by atoms with E-state index in [9.17, 15) is 9.59 Å². The number of fused-ring (bicyclic) bond motifs is 1. The average Bonchev–Trinajstić information content (AvgIpc) is 3.43. The topological polar surface area (TPSA) is 80.8 Å². The van der Waals surface area contributed by atoms with Gasteiger partial charge >= 0.3 is 0 Å². The largest absolute Gasteiger partial charge is 0.486 e. The standard InChI is InChI=1S/C23H21N3O4S/c27-21-5-2-8-26(21)13-15-3-1-4-17(11-15)22(28)25-23-24-18(14-31-23)16-6-7-19-20(12-16)30-10-9-29-19/h1,3-4,6-7,11-12,14H,2,5,8-10,13H2,(H,24,25,28). The number of benzene rings is 2. The van der Waals surface area contributed by atoms with Crippen molar-refractivity contribution in [2.24, 2.45) is 0 Å². The molecule has 2 aliphatic rings. The predicted octanol–water partition coefficient (Wildman–Crippen LogP) is 3.96. The molecule has 8 heteroatoms. The van der Waals surface area contributed by atoms with Crippen LogP contribution in [0.25, 0.3) is 11.3 Å². The van der Waals surface area contributed by atoms with Crippen molar-refractivity contribution in [3.8, 4) is 22.8 Å². The number of rotatable bonds is 5. The molecule has 5 rings (SSSR count). The number of thiazole rings is 1. The molecular weight excluding hydrogens is 414 g/mol. The second kappa shape index (κ2) is 8.39. The molecule has 3 aromatic rings. The summed E-state index contributed by atoms with van der Waals surface area (Å²) in [6.07, 6.45) is 1.50. The van der Waals surface area contributed by atoms with E-state index in [-0.39, 0.29) is 11.8 Å². The molecule has 0 saturated carbocycles. The van der Waals surface area contributed by atoms with Crippen LogP contribution in [0.2, 0.25) is 0 Å². The highest BCUT2D eigenvalue weighted by Gasteiger charge is 2.20. The van der Waals surface area contributed by atoms with E-state index in [4.69, 9.17) is 9.47 Å². The van der Waals surface area contributed by atoms with Crippen LogP contribution >= 0.6 is 11.3 Å². The number of carbonyl (C=O) groups excluding carboxylic acids is 2. The summed E-state index contributed by atoms with van der Waals surface area (Å²) >= 11 is 1.37. The van der Waals surface area contributed by atoms with E-state index in [1.165, 1.54) is 11.3 Å². The maximum atomic E-state index is 12.7. The summed E-state index contributed by atoms with van der Waals surface area (Å²) in [5.74, 6) is 1.38. The van der Waals surface area contributed by atoms with Crippen molar-refractivity contribution < 1.29 is 19.1 Å². The predicted molar refractivity (Wildman–Crippen MR) is 118 cm³/mol. The van der Waals surface area contributed by atoms with Gasteiger partial charge in [-0.2, -0.15) is 0 Å². The van der Waals surface area contributed by atoms with Crippen LogP contribution in [-0.4, -0.2) is 41.5 Å². The van der Waals surface area contributed by atoms with E-state index in [1.807, 2.05) is 46.7 Å². The van der Waals surface area contributed by atoms with Gasteiger partial charge in [-0.1, -0.05) is 12.1 Å². The molecule has 1 N–H and O–H groups in total. The van der Waals surface area contributed by atoms with Gasteiger partial charge in [0.25, 0.3) is 5.91 Å². The van der Waals surface area contributed by atoms with Gasteiger partial charge in [0.05, 0.1) is 5.69 Å². The Morgan fingerprint density at radius 1 is 1.13 bits per heavy atom. The first-order valence-corrected chi connectivity index (χ1v) is 11.1. The fourth-order valence-electron chi connectivity index (χ4n) is 3.74. The van der Waals surface area contributed by atoms with Crippen LogP contribution in [0.5, 0.6) is 11.5 Å². The second-order valence-electron chi connectivity index (χ2n) is 7.47. The van der Waals surface area contributed by atoms with E-state index < -0.39 is 0 Å². The highest BCUT2D eigenvalue weighted by atomic mass is 32.1. The maximum absolute atomic E-state index is 12.7. The Labute approximate surface area is 183 Å². The highest BCUT2D eigenvalue weighted by molar-refractivity contribution is 7.14. The molecule has 0 unspecified atom stereocenters. The third-order valence-corrected chi connectivity index (χ3v) is 6.05. The van der Waals surface area contributed by atoms with Crippen molar-refractivity contribution in [1.29, 1.82) is 0 Å².